The van der Waals surface area contributed by atoms with Crippen molar-refractivity contribution in [1.82, 2.24) is 29.4 Å². The van der Waals surface area contributed by atoms with E-state index in [2.05, 4.69) is 22.0 Å². The summed E-state index contributed by atoms with van der Waals surface area (Å²) in [4.78, 5) is 27.4. The van der Waals surface area contributed by atoms with Gasteiger partial charge >= 0.3 is 5.97 Å². The molecule has 26 heavy (non-hydrogen) atoms. The van der Waals surface area contributed by atoms with Crippen molar-refractivity contribution in [2.45, 2.75) is 26.4 Å². The quantitative estimate of drug-likeness (QED) is 0.799. The first-order valence-electron chi connectivity index (χ1n) is 8.67. The molecule has 9 nitrogen and oxygen atoms in total. The number of carbonyl (C=O) groups excluding carboxylic acids is 1. The largest absolute Gasteiger partial charge is 0.478 e. The Bertz CT molecular complexity index is 788. The summed E-state index contributed by atoms with van der Waals surface area (Å²) in [6.45, 7) is 6.40. The van der Waals surface area contributed by atoms with Gasteiger partial charge in [0, 0.05) is 70.2 Å². The summed E-state index contributed by atoms with van der Waals surface area (Å²) in [6.07, 6.45) is 4.97. The standard InChI is InChI=1S/C17H24N6O3/c1-13-14(9-18-20(13)2)11-21-5-7-22(8-6-21)16(24)3-4-23-12-15(10-19-23)17(25)26/h9-10,12H,3-8,11H2,1-2H3,(H,25,26). The van der Waals surface area contributed by atoms with Crippen LogP contribution in [0.2, 0.25) is 0 Å². The molecule has 2 aromatic heterocycles. The van der Waals surface area contributed by atoms with Crippen molar-refractivity contribution in [3.05, 3.63) is 35.4 Å². The van der Waals surface area contributed by atoms with Crippen molar-refractivity contribution >= 4 is 11.9 Å². The lowest BCUT2D eigenvalue weighted by atomic mass is 10.2. The third kappa shape index (κ3) is 4.10. The van der Waals surface area contributed by atoms with Gasteiger partial charge in [-0.25, -0.2) is 4.79 Å². The Balaban J connectivity index is 1.44. The van der Waals surface area contributed by atoms with Crippen molar-refractivity contribution in [2.75, 3.05) is 26.2 Å². The van der Waals surface area contributed by atoms with E-state index in [1.807, 2.05) is 22.8 Å². The molecule has 0 aliphatic carbocycles. The molecule has 3 rings (SSSR count). The van der Waals surface area contributed by atoms with Gasteiger partial charge in [0.1, 0.15) is 0 Å². The first kappa shape index (κ1) is 18.1. The lowest BCUT2D eigenvalue weighted by Gasteiger charge is -2.34. The predicted octanol–water partition coefficient (Wildman–Crippen LogP) is 0.358. The lowest BCUT2D eigenvalue weighted by molar-refractivity contribution is -0.133. The average Bonchev–Trinajstić information content (AvgIpc) is 3.23. The van der Waals surface area contributed by atoms with Gasteiger partial charge in [0.2, 0.25) is 5.91 Å². The van der Waals surface area contributed by atoms with E-state index in [4.69, 9.17) is 5.11 Å². The molecule has 2 aromatic rings. The highest BCUT2D eigenvalue weighted by Gasteiger charge is 2.22. The molecular weight excluding hydrogens is 336 g/mol. The van der Waals surface area contributed by atoms with Crippen LogP contribution >= 0.6 is 0 Å². The molecule has 0 radical (unpaired) electrons. The number of aromatic carboxylic acids is 1. The molecule has 1 aliphatic rings. The lowest BCUT2D eigenvalue weighted by Crippen LogP contribution is -2.48. The van der Waals surface area contributed by atoms with Crippen molar-refractivity contribution in [3.63, 3.8) is 0 Å². The molecule has 140 valence electrons. The van der Waals surface area contributed by atoms with E-state index in [9.17, 15) is 9.59 Å². The fourth-order valence-corrected chi connectivity index (χ4v) is 3.06. The van der Waals surface area contributed by atoms with Gasteiger partial charge in [0.15, 0.2) is 0 Å². The minimum absolute atomic E-state index is 0.0783. The van der Waals surface area contributed by atoms with E-state index in [-0.39, 0.29) is 11.5 Å². The van der Waals surface area contributed by atoms with Gasteiger partial charge in [-0.2, -0.15) is 10.2 Å². The number of carbonyl (C=O) groups is 2. The molecule has 9 heteroatoms. The fourth-order valence-electron chi connectivity index (χ4n) is 3.06. The number of carboxylic acid groups (broad SMARTS) is 1. The topological polar surface area (TPSA) is 96.5 Å². The number of rotatable bonds is 6. The second-order valence-corrected chi connectivity index (χ2v) is 6.58. The Morgan fingerprint density at radius 2 is 1.88 bits per heavy atom. The Hall–Kier alpha value is -2.68. The Morgan fingerprint density at radius 3 is 2.46 bits per heavy atom. The number of aryl methyl sites for hydroxylation is 2. The van der Waals surface area contributed by atoms with Crippen LogP contribution in [0.5, 0.6) is 0 Å². The summed E-state index contributed by atoms with van der Waals surface area (Å²) in [5, 5.41) is 17.1. The molecule has 3 heterocycles. The highest BCUT2D eigenvalue weighted by atomic mass is 16.4. The number of piperazine rings is 1. The molecule has 1 fully saturated rings. The third-order valence-corrected chi connectivity index (χ3v) is 4.89. The predicted molar refractivity (Wildman–Crippen MR) is 93.6 cm³/mol. The molecular formula is C17H24N6O3. The van der Waals surface area contributed by atoms with Gasteiger partial charge < -0.3 is 10.0 Å². The van der Waals surface area contributed by atoms with Gasteiger partial charge in [-0.1, -0.05) is 0 Å². The van der Waals surface area contributed by atoms with Gasteiger partial charge in [-0.3, -0.25) is 19.1 Å². The van der Waals surface area contributed by atoms with Crippen molar-refractivity contribution in [3.8, 4) is 0 Å². The molecule has 1 aliphatic heterocycles. The highest BCUT2D eigenvalue weighted by Crippen LogP contribution is 2.12. The maximum absolute atomic E-state index is 12.4. The molecule has 0 atom stereocenters. The fraction of sp³-hybridized carbons (Fsp3) is 0.529. The maximum atomic E-state index is 12.4. The number of hydrogen-bond donors (Lipinski definition) is 1. The summed E-state index contributed by atoms with van der Waals surface area (Å²) in [7, 11) is 1.94. The number of aromatic nitrogens is 4. The normalized spacial score (nSPS) is 15.4. The van der Waals surface area contributed by atoms with Gasteiger partial charge in [-0.05, 0) is 6.92 Å². The second-order valence-electron chi connectivity index (χ2n) is 6.58. The highest BCUT2D eigenvalue weighted by molar-refractivity contribution is 5.86. The zero-order valence-corrected chi connectivity index (χ0v) is 15.1. The number of amides is 1. The molecule has 1 amide bonds. The van der Waals surface area contributed by atoms with Crippen LogP contribution < -0.4 is 0 Å². The van der Waals surface area contributed by atoms with Crippen LogP contribution in [0, 0.1) is 6.92 Å². The number of nitrogens with zero attached hydrogens (tertiary/aromatic N) is 6. The van der Waals surface area contributed by atoms with Gasteiger partial charge in [-0.15, -0.1) is 0 Å². The Kier molecular flexibility index (Phi) is 5.36. The Morgan fingerprint density at radius 1 is 1.15 bits per heavy atom. The SMILES string of the molecule is Cc1c(CN2CCN(C(=O)CCn3cc(C(=O)O)cn3)CC2)cnn1C. The van der Waals surface area contributed by atoms with Crippen LogP contribution in [0.15, 0.2) is 18.6 Å². The first-order chi connectivity index (χ1) is 12.4. The van der Waals surface area contributed by atoms with E-state index in [1.54, 1.807) is 0 Å². The van der Waals surface area contributed by atoms with Gasteiger partial charge in [0.05, 0.1) is 18.0 Å². The van der Waals surface area contributed by atoms with E-state index >= 15 is 0 Å². The summed E-state index contributed by atoms with van der Waals surface area (Å²) in [6, 6.07) is 0. The monoisotopic (exact) mass is 360 g/mol. The van der Waals surface area contributed by atoms with Crippen molar-refractivity contribution in [2.24, 2.45) is 7.05 Å². The van der Waals surface area contributed by atoms with E-state index < -0.39 is 5.97 Å². The van der Waals surface area contributed by atoms with E-state index in [1.165, 1.54) is 28.3 Å². The molecule has 0 spiro atoms. The average molecular weight is 360 g/mol. The molecule has 0 unspecified atom stereocenters. The second kappa shape index (κ2) is 7.69. The summed E-state index contributed by atoms with van der Waals surface area (Å²) >= 11 is 0. The van der Waals surface area contributed by atoms with Crippen LogP contribution in [-0.4, -0.2) is 72.5 Å². The molecule has 1 saturated heterocycles. The summed E-state index contributed by atoms with van der Waals surface area (Å²) < 4.78 is 3.38. The maximum Gasteiger partial charge on any atom is 0.338 e. The van der Waals surface area contributed by atoms with Crippen LogP contribution in [0.4, 0.5) is 0 Å². The number of carboxylic acids is 1. The smallest absolute Gasteiger partial charge is 0.338 e. The molecule has 0 aromatic carbocycles. The zero-order chi connectivity index (χ0) is 18.7. The van der Waals surface area contributed by atoms with Crippen molar-refractivity contribution < 1.29 is 14.7 Å². The zero-order valence-electron chi connectivity index (χ0n) is 15.1. The minimum Gasteiger partial charge on any atom is -0.478 e. The van der Waals surface area contributed by atoms with Crippen LogP contribution in [-0.2, 0) is 24.9 Å². The third-order valence-electron chi connectivity index (χ3n) is 4.89. The summed E-state index contributed by atoms with van der Waals surface area (Å²) in [5.41, 5.74) is 2.53. The van der Waals surface area contributed by atoms with Gasteiger partial charge in [0.25, 0.3) is 0 Å². The molecule has 0 bridgehead atoms. The summed E-state index contributed by atoms with van der Waals surface area (Å²) in [5.74, 6) is -0.933. The minimum atomic E-state index is -1.01. The van der Waals surface area contributed by atoms with Crippen LogP contribution in [0.3, 0.4) is 0 Å². The van der Waals surface area contributed by atoms with Crippen molar-refractivity contribution in [1.29, 1.82) is 0 Å². The molecule has 0 saturated carbocycles. The van der Waals surface area contributed by atoms with E-state index in [0.717, 1.165) is 19.6 Å². The molecule has 1 N–H and O–H groups in total. The Labute approximate surface area is 151 Å². The number of hydrogen-bond acceptors (Lipinski definition) is 5. The first-order valence-corrected chi connectivity index (χ1v) is 8.67. The van der Waals surface area contributed by atoms with Crippen LogP contribution in [0.25, 0.3) is 0 Å². The van der Waals surface area contributed by atoms with Crippen LogP contribution in [0.1, 0.15) is 28.0 Å². The van der Waals surface area contributed by atoms with E-state index in [0.29, 0.717) is 26.1 Å².